The molecule has 0 saturated heterocycles. The zero-order chi connectivity index (χ0) is 20.1. The minimum Gasteiger partial charge on any atom is -0.470 e. The fraction of sp³-hybridized carbons (Fsp3) is 0.333. The standard InChI is InChI=1S/C18H17F4N5O/c1-23-27-16(28-10-15(21)22)11-8-24-17(25-9-11)26-18(5-2-6-18)12-3-4-13(19)14(20)7-12/h3-4,7-9,15H,1-2,5-6,10H2,(H,24,25,26)/b27-16-. The molecule has 1 aromatic heterocycles. The van der Waals surface area contributed by atoms with Gasteiger partial charge in [0.2, 0.25) is 11.8 Å². The summed E-state index contributed by atoms with van der Waals surface area (Å²) in [6, 6.07) is 3.77. The lowest BCUT2D eigenvalue weighted by atomic mass is 9.72. The van der Waals surface area contributed by atoms with Crippen molar-refractivity contribution in [2.75, 3.05) is 11.9 Å². The number of anilines is 1. The van der Waals surface area contributed by atoms with E-state index in [0.29, 0.717) is 18.4 Å². The van der Waals surface area contributed by atoms with Gasteiger partial charge in [0.25, 0.3) is 6.43 Å². The Bertz CT molecular complexity index is 869. The molecule has 0 aliphatic heterocycles. The van der Waals surface area contributed by atoms with Crippen LogP contribution in [0.2, 0.25) is 0 Å². The molecule has 0 spiro atoms. The fourth-order valence-electron chi connectivity index (χ4n) is 2.90. The number of nitrogens with zero attached hydrogens (tertiary/aromatic N) is 4. The van der Waals surface area contributed by atoms with Gasteiger partial charge in [0.05, 0.1) is 11.1 Å². The summed E-state index contributed by atoms with van der Waals surface area (Å²) in [4.78, 5) is 8.28. The molecule has 0 radical (unpaired) electrons. The van der Waals surface area contributed by atoms with Crippen molar-refractivity contribution in [1.82, 2.24) is 9.97 Å². The maximum atomic E-state index is 13.6. The third-order valence-corrected chi connectivity index (χ3v) is 4.44. The number of nitrogens with one attached hydrogen (secondary N) is 1. The van der Waals surface area contributed by atoms with Crippen LogP contribution in [0.25, 0.3) is 0 Å². The first kappa shape index (κ1) is 19.7. The lowest BCUT2D eigenvalue weighted by Crippen LogP contribution is -2.42. The monoisotopic (exact) mass is 395 g/mol. The third-order valence-electron chi connectivity index (χ3n) is 4.44. The van der Waals surface area contributed by atoms with Crippen molar-refractivity contribution in [1.29, 1.82) is 0 Å². The minimum absolute atomic E-state index is 0.180. The first-order valence-corrected chi connectivity index (χ1v) is 8.44. The van der Waals surface area contributed by atoms with Crippen molar-refractivity contribution in [2.24, 2.45) is 10.2 Å². The summed E-state index contributed by atoms with van der Waals surface area (Å²) in [5, 5.41) is 10.00. The first-order chi connectivity index (χ1) is 13.4. The highest BCUT2D eigenvalue weighted by Crippen LogP contribution is 2.43. The number of benzene rings is 1. The normalized spacial score (nSPS) is 15.8. The molecule has 3 rings (SSSR count). The molecule has 0 atom stereocenters. The Hall–Kier alpha value is -3.04. The van der Waals surface area contributed by atoms with Gasteiger partial charge in [-0.1, -0.05) is 6.07 Å². The number of halogens is 4. The van der Waals surface area contributed by atoms with E-state index in [-0.39, 0.29) is 17.4 Å². The Kier molecular flexibility index (Phi) is 5.86. The average molecular weight is 395 g/mol. The van der Waals surface area contributed by atoms with Crippen LogP contribution >= 0.6 is 0 Å². The lowest BCUT2D eigenvalue weighted by molar-refractivity contribution is 0.0765. The summed E-state index contributed by atoms with van der Waals surface area (Å²) in [7, 11) is 0. The highest BCUT2D eigenvalue weighted by atomic mass is 19.3. The van der Waals surface area contributed by atoms with Crippen LogP contribution in [0.5, 0.6) is 0 Å². The van der Waals surface area contributed by atoms with Crippen molar-refractivity contribution >= 4 is 18.6 Å². The first-order valence-electron chi connectivity index (χ1n) is 8.44. The van der Waals surface area contributed by atoms with E-state index in [4.69, 9.17) is 4.74 Å². The zero-order valence-electron chi connectivity index (χ0n) is 14.7. The molecule has 10 heteroatoms. The molecule has 1 aliphatic carbocycles. The molecule has 0 unspecified atom stereocenters. The predicted octanol–water partition coefficient (Wildman–Crippen LogP) is 3.89. The summed E-state index contributed by atoms with van der Waals surface area (Å²) in [6.45, 7) is 2.32. The van der Waals surface area contributed by atoms with Crippen LogP contribution in [0.4, 0.5) is 23.5 Å². The van der Waals surface area contributed by atoms with Gasteiger partial charge < -0.3 is 10.1 Å². The molecule has 2 aromatic rings. The Morgan fingerprint density at radius 3 is 2.46 bits per heavy atom. The van der Waals surface area contributed by atoms with Crippen molar-refractivity contribution in [3.05, 3.63) is 53.4 Å². The van der Waals surface area contributed by atoms with Crippen LogP contribution in [0.1, 0.15) is 30.4 Å². The number of alkyl halides is 2. The smallest absolute Gasteiger partial charge is 0.272 e. The molecule has 1 aromatic carbocycles. The molecule has 1 heterocycles. The molecule has 1 fully saturated rings. The Morgan fingerprint density at radius 2 is 1.93 bits per heavy atom. The molecular formula is C18H17F4N5O. The molecule has 6 nitrogen and oxygen atoms in total. The van der Waals surface area contributed by atoms with Crippen LogP contribution in [-0.4, -0.2) is 35.6 Å². The van der Waals surface area contributed by atoms with Crippen LogP contribution in [0, 0.1) is 11.6 Å². The number of aromatic nitrogens is 2. The SMILES string of the molecule is C=N/N=C(\OCC(F)F)c1cnc(NC2(c3ccc(F)c(F)c3)CCC2)nc1. The second-order valence-electron chi connectivity index (χ2n) is 6.23. The molecule has 1 saturated carbocycles. The summed E-state index contributed by atoms with van der Waals surface area (Å²) in [5.74, 6) is -1.77. The molecule has 1 aliphatic rings. The lowest BCUT2D eigenvalue weighted by Gasteiger charge is -2.43. The van der Waals surface area contributed by atoms with Crippen molar-refractivity contribution in [2.45, 2.75) is 31.2 Å². The van der Waals surface area contributed by atoms with E-state index < -0.39 is 30.2 Å². The highest BCUT2D eigenvalue weighted by molar-refractivity contribution is 5.93. The van der Waals surface area contributed by atoms with Crippen molar-refractivity contribution in [3.8, 4) is 0 Å². The van der Waals surface area contributed by atoms with Gasteiger partial charge in [0.15, 0.2) is 18.2 Å². The third kappa shape index (κ3) is 4.26. The van der Waals surface area contributed by atoms with Gasteiger partial charge in [-0.15, -0.1) is 5.10 Å². The van der Waals surface area contributed by atoms with Crippen molar-refractivity contribution < 1.29 is 22.3 Å². The summed E-state index contributed by atoms with van der Waals surface area (Å²) < 4.78 is 56.4. The van der Waals surface area contributed by atoms with Gasteiger partial charge in [-0.05, 0) is 37.0 Å². The van der Waals surface area contributed by atoms with E-state index in [9.17, 15) is 17.6 Å². The van der Waals surface area contributed by atoms with E-state index in [1.807, 2.05) is 0 Å². The quantitative estimate of drug-likeness (QED) is 0.334. The van der Waals surface area contributed by atoms with Gasteiger partial charge in [0, 0.05) is 19.1 Å². The topological polar surface area (TPSA) is 71.8 Å². The number of ether oxygens (including phenoxy) is 1. The number of rotatable bonds is 7. The molecular weight excluding hydrogens is 378 g/mol. The van der Waals surface area contributed by atoms with E-state index in [1.165, 1.54) is 18.5 Å². The van der Waals surface area contributed by atoms with Gasteiger partial charge in [-0.25, -0.2) is 27.5 Å². The van der Waals surface area contributed by atoms with E-state index in [0.717, 1.165) is 18.6 Å². The number of hydrogen-bond acceptors (Lipinski definition) is 6. The predicted molar refractivity (Wildman–Crippen MR) is 95.6 cm³/mol. The van der Waals surface area contributed by atoms with Crippen molar-refractivity contribution in [3.63, 3.8) is 0 Å². The second-order valence-corrected chi connectivity index (χ2v) is 6.23. The van der Waals surface area contributed by atoms with Gasteiger partial charge in [0.1, 0.15) is 0 Å². The highest BCUT2D eigenvalue weighted by Gasteiger charge is 2.39. The molecule has 148 valence electrons. The van der Waals surface area contributed by atoms with E-state index in [2.05, 4.69) is 32.2 Å². The van der Waals surface area contributed by atoms with E-state index in [1.54, 1.807) is 0 Å². The van der Waals surface area contributed by atoms with E-state index >= 15 is 0 Å². The summed E-state index contributed by atoms with van der Waals surface area (Å²) in [5.41, 5.74) is 0.250. The van der Waals surface area contributed by atoms with Crippen LogP contribution in [0.3, 0.4) is 0 Å². The minimum atomic E-state index is -2.67. The zero-order valence-corrected chi connectivity index (χ0v) is 14.7. The average Bonchev–Trinajstić information content (AvgIpc) is 2.64. The molecule has 28 heavy (non-hydrogen) atoms. The van der Waals surface area contributed by atoms with Crippen LogP contribution in [-0.2, 0) is 10.3 Å². The van der Waals surface area contributed by atoms with Gasteiger partial charge in [-0.3, -0.25) is 0 Å². The molecule has 1 N–H and O–H groups in total. The van der Waals surface area contributed by atoms with Gasteiger partial charge >= 0.3 is 0 Å². The maximum absolute atomic E-state index is 13.6. The summed E-state index contributed by atoms with van der Waals surface area (Å²) >= 11 is 0. The number of hydrogen-bond donors (Lipinski definition) is 1. The van der Waals surface area contributed by atoms with Gasteiger partial charge in [-0.2, -0.15) is 5.10 Å². The Balaban J connectivity index is 1.78. The fourth-order valence-corrected chi connectivity index (χ4v) is 2.90. The Morgan fingerprint density at radius 1 is 1.21 bits per heavy atom. The van der Waals surface area contributed by atoms with Crippen LogP contribution < -0.4 is 5.32 Å². The maximum Gasteiger partial charge on any atom is 0.272 e. The Labute approximate surface area is 158 Å². The van der Waals surface area contributed by atoms with Crippen LogP contribution in [0.15, 0.2) is 40.8 Å². The summed E-state index contributed by atoms with van der Waals surface area (Å²) in [6.07, 6.45) is 2.31. The second kappa shape index (κ2) is 8.32. The largest absolute Gasteiger partial charge is 0.470 e. The molecule has 0 amide bonds. The molecule has 0 bridgehead atoms.